The van der Waals surface area contributed by atoms with E-state index in [1.165, 1.54) is 42.7 Å². The Kier molecular flexibility index (Phi) is 5.85. The van der Waals surface area contributed by atoms with Crippen molar-refractivity contribution in [1.82, 2.24) is 15.0 Å². The van der Waals surface area contributed by atoms with E-state index in [0.29, 0.717) is 22.3 Å². The average molecular weight is 482 g/mol. The van der Waals surface area contributed by atoms with E-state index in [1.807, 2.05) is 6.07 Å². The SMILES string of the molecule is O=[C]c1ccc(-c2cccc(C(=O)c3ccc4ncc(-c5cccnc5)nc4c3)c2)c(C(F)(F)F)c1. The highest BCUT2D eigenvalue weighted by molar-refractivity contribution is 6.10. The van der Waals surface area contributed by atoms with Gasteiger partial charge in [-0.3, -0.25) is 19.6 Å². The van der Waals surface area contributed by atoms with Gasteiger partial charge in [-0.1, -0.05) is 30.3 Å². The third-order valence-corrected chi connectivity index (χ3v) is 5.64. The second-order valence-corrected chi connectivity index (χ2v) is 7.97. The molecule has 0 unspecified atom stereocenters. The van der Waals surface area contributed by atoms with Crippen LogP contribution < -0.4 is 0 Å². The number of aromatic nitrogens is 3. The number of nitrogens with zero attached hydrogens (tertiary/aromatic N) is 3. The number of halogens is 3. The molecular weight excluding hydrogens is 467 g/mol. The maximum Gasteiger partial charge on any atom is 0.417 e. The molecular formula is C28H15F3N3O2. The van der Waals surface area contributed by atoms with Crippen LogP contribution in [0.5, 0.6) is 0 Å². The van der Waals surface area contributed by atoms with Crippen molar-refractivity contribution >= 4 is 23.1 Å². The predicted molar refractivity (Wildman–Crippen MR) is 128 cm³/mol. The van der Waals surface area contributed by atoms with Crippen molar-refractivity contribution in [3.05, 3.63) is 114 Å². The fraction of sp³-hybridized carbons (Fsp3) is 0.0357. The number of rotatable bonds is 5. The Hall–Kier alpha value is -4.72. The normalized spacial score (nSPS) is 11.4. The molecule has 0 N–H and O–H groups in total. The molecule has 0 saturated carbocycles. The molecule has 0 aliphatic rings. The Bertz CT molecular complexity index is 1620. The van der Waals surface area contributed by atoms with Crippen molar-refractivity contribution in [2.45, 2.75) is 6.18 Å². The lowest BCUT2D eigenvalue weighted by Gasteiger charge is -2.14. The minimum absolute atomic E-state index is 0.137. The van der Waals surface area contributed by atoms with E-state index in [0.717, 1.165) is 11.6 Å². The maximum atomic E-state index is 13.7. The van der Waals surface area contributed by atoms with Gasteiger partial charge in [0, 0.05) is 34.6 Å². The summed E-state index contributed by atoms with van der Waals surface area (Å²) in [5, 5.41) is 0. The van der Waals surface area contributed by atoms with Gasteiger partial charge in [-0.25, -0.2) is 4.98 Å². The first kappa shape index (κ1) is 23.0. The van der Waals surface area contributed by atoms with E-state index in [-0.39, 0.29) is 28.0 Å². The van der Waals surface area contributed by atoms with E-state index in [2.05, 4.69) is 15.0 Å². The minimum atomic E-state index is -4.69. The van der Waals surface area contributed by atoms with Crippen LogP contribution in [0.15, 0.2) is 91.4 Å². The van der Waals surface area contributed by atoms with E-state index in [1.54, 1.807) is 42.9 Å². The van der Waals surface area contributed by atoms with Crippen molar-refractivity contribution in [3.63, 3.8) is 0 Å². The van der Waals surface area contributed by atoms with Crippen molar-refractivity contribution in [1.29, 1.82) is 0 Å². The lowest BCUT2D eigenvalue weighted by Crippen LogP contribution is -2.08. The molecule has 8 heteroatoms. The number of pyridine rings is 1. The smallest absolute Gasteiger partial charge is 0.289 e. The topological polar surface area (TPSA) is 72.8 Å². The van der Waals surface area contributed by atoms with Crippen molar-refractivity contribution in [2.24, 2.45) is 0 Å². The third-order valence-electron chi connectivity index (χ3n) is 5.64. The van der Waals surface area contributed by atoms with Gasteiger partial charge in [-0.15, -0.1) is 0 Å². The minimum Gasteiger partial charge on any atom is -0.289 e. The van der Waals surface area contributed by atoms with Crippen LogP contribution in [-0.4, -0.2) is 27.0 Å². The zero-order chi connectivity index (χ0) is 25.3. The monoisotopic (exact) mass is 482 g/mol. The molecule has 0 aliphatic heterocycles. The van der Waals surface area contributed by atoms with Crippen LogP contribution in [0.2, 0.25) is 0 Å². The summed E-state index contributed by atoms with van der Waals surface area (Å²) in [6.07, 6.45) is 1.72. The fourth-order valence-electron chi connectivity index (χ4n) is 3.89. The maximum absolute atomic E-state index is 13.7. The Balaban J connectivity index is 1.53. The van der Waals surface area contributed by atoms with E-state index >= 15 is 0 Å². The molecule has 0 atom stereocenters. The first-order valence-electron chi connectivity index (χ1n) is 10.8. The highest BCUT2D eigenvalue weighted by atomic mass is 19.4. The summed E-state index contributed by atoms with van der Waals surface area (Å²) >= 11 is 0. The number of carbonyl (C=O) groups excluding carboxylic acids is 2. The molecule has 5 aromatic rings. The number of benzene rings is 3. The second-order valence-electron chi connectivity index (χ2n) is 7.97. The number of hydrogen-bond acceptors (Lipinski definition) is 5. The average Bonchev–Trinajstić information content (AvgIpc) is 2.91. The third kappa shape index (κ3) is 4.48. The van der Waals surface area contributed by atoms with Crippen LogP contribution >= 0.6 is 0 Å². The molecule has 0 aliphatic carbocycles. The van der Waals surface area contributed by atoms with Gasteiger partial charge in [0.2, 0.25) is 6.29 Å². The molecule has 2 heterocycles. The van der Waals surface area contributed by atoms with E-state index in [9.17, 15) is 22.8 Å². The van der Waals surface area contributed by atoms with Crippen LogP contribution in [0.25, 0.3) is 33.4 Å². The molecule has 0 bridgehead atoms. The standard InChI is InChI=1S/C28H15F3N3O2/c29-28(30,31)23-11-17(16-35)6-8-22(23)18-3-1-4-19(12-18)27(36)20-7-9-24-25(13-20)34-26(15-33-24)21-5-2-10-32-14-21/h1-15H. The summed E-state index contributed by atoms with van der Waals surface area (Å²) in [4.78, 5) is 37.2. The largest absolute Gasteiger partial charge is 0.417 e. The summed E-state index contributed by atoms with van der Waals surface area (Å²) in [6.45, 7) is 0. The number of carbonyl (C=O) groups is 1. The number of fused-ring (bicyclic) bond motifs is 1. The van der Waals surface area contributed by atoms with Gasteiger partial charge < -0.3 is 0 Å². The number of ketones is 1. The van der Waals surface area contributed by atoms with Gasteiger partial charge in [0.1, 0.15) is 0 Å². The number of hydrogen-bond donors (Lipinski definition) is 0. The molecule has 2 aromatic heterocycles. The first-order valence-corrected chi connectivity index (χ1v) is 10.8. The van der Waals surface area contributed by atoms with Crippen LogP contribution in [0.1, 0.15) is 27.0 Å². The van der Waals surface area contributed by atoms with Crippen molar-refractivity contribution < 1.29 is 22.8 Å². The summed E-state index contributed by atoms with van der Waals surface area (Å²) < 4.78 is 41.0. The highest BCUT2D eigenvalue weighted by Gasteiger charge is 2.34. The summed E-state index contributed by atoms with van der Waals surface area (Å²) in [5.74, 6) is -0.376. The molecule has 0 spiro atoms. The van der Waals surface area contributed by atoms with Gasteiger partial charge in [0.15, 0.2) is 5.78 Å². The Labute approximate surface area is 203 Å². The van der Waals surface area contributed by atoms with E-state index in [4.69, 9.17) is 0 Å². The van der Waals surface area contributed by atoms with Gasteiger partial charge in [0.05, 0.1) is 28.5 Å². The molecule has 5 nitrogen and oxygen atoms in total. The molecule has 3 aromatic carbocycles. The highest BCUT2D eigenvalue weighted by Crippen LogP contribution is 2.38. The predicted octanol–water partition coefficient (Wildman–Crippen LogP) is 6.07. The molecule has 1 radical (unpaired) electrons. The van der Waals surface area contributed by atoms with Crippen LogP contribution in [0.3, 0.4) is 0 Å². The molecule has 0 saturated heterocycles. The second kappa shape index (κ2) is 9.14. The summed E-state index contributed by atoms with van der Waals surface area (Å²) in [6, 6.07) is 17.7. The first-order chi connectivity index (χ1) is 17.3. The van der Waals surface area contributed by atoms with Gasteiger partial charge in [-0.05, 0) is 53.6 Å². The van der Waals surface area contributed by atoms with Crippen LogP contribution in [0, 0.1) is 0 Å². The fourth-order valence-corrected chi connectivity index (χ4v) is 3.89. The molecule has 0 fully saturated rings. The zero-order valence-electron chi connectivity index (χ0n) is 18.5. The molecule has 36 heavy (non-hydrogen) atoms. The van der Waals surface area contributed by atoms with Crippen molar-refractivity contribution in [2.75, 3.05) is 0 Å². The number of alkyl halides is 3. The Morgan fingerprint density at radius 1 is 0.806 bits per heavy atom. The van der Waals surface area contributed by atoms with Gasteiger partial charge >= 0.3 is 6.18 Å². The zero-order valence-corrected chi connectivity index (χ0v) is 18.5. The lowest BCUT2D eigenvalue weighted by molar-refractivity contribution is -0.137. The summed E-state index contributed by atoms with van der Waals surface area (Å²) in [7, 11) is 0. The van der Waals surface area contributed by atoms with Gasteiger partial charge in [-0.2, -0.15) is 13.2 Å². The Morgan fingerprint density at radius 3 is 2.36 bits per heavy atom. The van der Waals surface area contributed by atoms with Crippen molar-refractivity contribution in [3.8, 4) is 22.4 Å². The quantitative estimate of drug-likeness (QED) is 0.285. The molecule has 5 rings (SSSR count). The summed E-state index contributed by atoms with van der Waals surface area (Å²) in [5.41, 5.74) is 1.87. The van der Waals surface area contributed by atoms with Crippen LogP contribution in [0.4, 0.5) is 13.2 Å². The Morgan fingerprint density at radius 2 is 1.61 bits per heavy atom. The van der Waals surface area contributed by atoms with Gasteiger partial charge in [0.25, 0.3) is 0 Å². The lowest BCUT2D eigenvalue weighted by atomic mass is 9.94. The van der Waals surface area contributed by atoms with Crippen LogP contribution in [-0.2, 0) is 11.0 Å². The van der Waals surface area contributed by atoms with E-state index < -0.39 is 11.7 Å². The molecule has 175 valence electrons. The molecule has 0 amide bonds.